The summed E-state index contributed by atoms with van der Waals surface area (Å²) in [5.74, 6) is 0. The summed E-state index contributed by atoms with van der Waals surface area (Å²) in [6, 6.07) is 17.8. The van der Waals surface area contributed by atoms with E-state index >= 15 is 0 Å². The molecule has 0 bridgehead atoms. The third kappa shape index (κ3) is 2.72. The molecule has 0 fully saturated rings. The Balaban J connectivity index is 2.07. The number of aldehydes is 1. The van der Waals surface area contributed by atoms with Crippen LogP contribution < -0.4 is 0 Å². The Morgan fingerprint density at radius 1 is 0.955 bits per heavy atom. The molecule has 1 heterocycles. The molecule has 0 amide bonds. The van der Waals surface area contributed by atoms with Crippen molar-refractivity contribution in [3.05, 3.63) is 77.1 Å². The quantitative estimate of drug-likeness (QED) is 0.690. The van der Waals surface area contributed by atoms with Crippen molar-refractivity contribution >= 4 is 18.4 Å². The van der Waals surface area contributed by atoms with Gasteiger partial charge < -0.3 is 0 Å². The van der Waals surface area contributed by atoms with E-state index in [1.807, 2.05) is 73.7 Å². The molecule has 0 unspecified atom stereocenters. The van der Waals surface area contributed by atoms with Gasteiger partial charge in [-0.2, -0.15) is 0 Å². The summed E-state index contributed by atoms with van der Waals surface area (Å²) in [7, 11) is 0. The number of hydrogen-bond donors (Lipinski definition) is 0. The fraction of sp³-hybridized carbons (Fsp3) is 0.0556. The van der Waals surface area contributed by atoms with Gasteiger partial charge in [0.2, 0.25) is 0 Å². The van der Waals surface area contributed by atoms with Crippen LogP contribution in [-0.4, -0.2) is 21.3 Å². The van der Waals surface area contributed by atoms with Crippen LogP contribution in [-0.2, 0) is 0 Å². The SMILES string of the molecule is Cc1ccccc1-n1nnc(C=O)c1/C=C/c1ccccc1. The molecule has 1 aromatic heterocycles. The van der Waals surface area contributed by atoms with E-state index in [4.69, 9.17) is 0 Å². The van der Waals surface area contributed by atoms with Crippen molar-refractivity contribution in [2.75, 3.05) is 0 Å². The first-order chi connectivity index (χ1) is 10.8. The van der Waals surface area contributed by atoms with Crippen LogP contribution in [0.5, 0.6) is 0 Å². The third-order valence-electron chi connectivity index (χ3n) is 3.42. The first kappa shape index (κ1) is 13.9. The van der Waals surface area contributed by atoms with E-state index in [0.29, 0.717) is 11.4 Å². The van der Waals surface area contributed by atoms with Gasteiger partial charge in [-0.25, -0.2) is 4.68 Å². The van der Waals surface area contributed by atoms with Gasteiger partial charge in [-0.15, -0.1) is 5.10 Å². The number of aromatic nitrogens is 3. The summed E-state index contributed by atoms with van der Waals surface area (Å²) in [6.07, 6.45) is 4.54. The van der Waals surface area contributed by atoms with Crippen LogP contribution in [0.3, 0.4) is 0 Å². The van der Waals surface area contributed by atoms with Crippen LogP contribution >= 0.6 is 0 Å². The molecule has 108 valence electrons. The maximum absolute atomic E-state index is 11.2. The van der Waals surface area contributed by atoms with Gasteiger partial charge in [0.05, 0.1) is 11.4 Å². The van der Waals surface area contributed by atoms with Crippen LogP contribution in [0.25, 0.3) is 17.8 Å². The minimum atomic E-state index is 0.329. The molecular weight excluding hydrogens is 274 g/mol. The highest BCUT2D eigenvalue weighted by atomic mass is 16.1. The van der Waals surface area contributed by atoms with E-state index in [1.54, 1.807) is 4.68 Å². The molecule has 0 saturated heterocycles. The molecule has 0 aliphatic carbocycles. The lowest BCUT2D eigenvalue weighted by molar-refractivity contribution is 0.111. The summed E-state index contributed by atoms with van der Waals surface area (Å²) in [4.78, 5) is 11.2. The van der Waals surface area contributed by atoms with Gasteiger partial charge >= 0.3 is 0 Å². The minimum Gasteiger partial charge on any atom is -0.296 e. The number of aryl methyl sites for hydroxylation is 1. The zero-order chi connectivity index (χ0) is 15.4. The molecule has 0 aliphatic rings. The monoisotopic (exact) mass is 289 g/mol. The van der Waals surface area contributed by atoms with E-state index < -0.39 is 0 Å². The smallest absolute Gasteiger partial charge is 0.172 e. The molecular formula is C18H15N3O. The van der Waals surface area contributed by atoms with Crippen molar-refractivity contribution in [3.63, 3.8) is 0 Å². The first-order valence-corrected chi connectivity index (χ1v) is 6.99. The zero-order valence-corrected chi connectivity index (χ0v) is 12.2. The Hall–Kier alpha value is -3.01. The zero-order valence-electron chi connectivity index (χ0n) is 12.2. The molecule has 3 aromatic rings. The number of rotatable bonds is 4. The lowest BCUT2D eigenvalue weighted by atomic mass is 10.1. The van der Waals surface area contributed by atoms with Gasteiger partial charge in [0.1, 0.15) is 0 Å². The maximum atomic E-state index is 11.2. The standard InChI is InChI=1S/C18H15N3O/c1-14-7-5-6-10-17(14)21-18(16(13-22)19-20-21)12-11-15-8-3-2-4-9-15/h2-13H,1H3/b12-11+. The molecule has 0 spiro atoms. The fourth-order valence-electron chi connectivity index (χ4n) is 2.26. The summed E-state index contributed by atoms with van der Waals surface area (Å²) in [5, 5.41) is 8.07. The molecule has 4 heteroatoms. The van der Waals surface area contributed by atoms with Crippen LogP contribution in [0.1, 0.15) is 27.3 Å². The van der Waals surface area contributed by atoms with Gasteiger partial charge in [0, 0.05) is 0 Å². The van der Waals surface area contributed by atoms with Gasteiger partial charge in [0.25, 0.3) is 0 Å². The Morgan fingerprint density at radius 2 is 1.68 bits per heavy atom. The number of benzene rings is 2. The van der Waals surface area contributed by atoms with E-state index in [0.717, 1.165) is 23.1 Å². The lowest BCUT2D eigenvalue weighted by Crippen LogP contribution is -2.01. The Bertz CT molecular complexity index is 819. The highest BCUT2D eigenvalue weighted by Crippen LogP contribution is 2.18. The van der Waals surface area contributed by atoms with Gasteiger partial charge in [-0.3, -0.25) is 4.79 Å². The number of para-hydroxylation sites is 1. The fourth-order valence-corrected chi connectivity index (χ4v) is 2.26. The molecule has 2 aromatic carbocycles. The van der Waals surface area contributed by atoms with Crippen LogP contribution in [0, 0.1) is 6.92 Å². The predicted molar refractivity (Wildman–Crippen MR) is 86.9 cm³/mol. The molecule has 0 radical (unpaired) electrons. The van der Waals surface area contributed by atoms with Gasteiger partial charge in [0.15, 0.2) is 12.0 Å². The molecule has 22 heavy (non-hydrogen) atoms. The normalized spacial score (nSPS) is 11.0. The second kappa shape index (κ2) is 6.18. The van der Waals surface area contributed by atoms with Crippen LogP contribution in [0.15, 0.2) is 54.6 Å². The van der Waals surface area contributed by atoms with Crippen molar-refractivity contribution in [1.82, 2.24) is 15.0 Å². The average Bonchev–Trinajstić information content (AvgIpc) is 2.97. The van der Waals surface area contributed by atoms with Crippen molar-refractivity contribution < 1.29 is 4.79 Å². The number of carbonyl (C=O) groups is 1. The summed E-state index contributed by atoms with van der Waals surface area (Å²) < 4.78 is 1.69. The number of carbonyl (C=O) groups excluding carboxylic acids is 1. The average molecular weight is 289 g/mol. The van der Waals surface area contributed by atoms with Gasteiger partial charge in [-0.1, -0.05) is 59.8 Å². The topological polar surface area (TPSA) is 47.8 Å². The van der Waals surface area contributed by atoms with Crippen LogP contribution in [0.2, 0.25) is 0 Å². The molecule has 4 nitrogen and oxygen atoms in total. The summed E-state index contributed by atoms with van der Waals surface area (Å²) >= 11 is 0. The van der Waals surface area contributed by atoms with Crippen molar-refractivity contribution in [3.8, 4) is 5.69 Å². The Labute approximate surface area is 128 Å². The molecule has 0 saturated carbocycles. The Kier molecular flexibility index (Phi) is 3.92. The molecule has 0 N–H and O–H groups in total. The van der Waals surface area contributed by atoms with E-state index in [-0.39, 0.29) is 0 Å². The molecule has 0 aliphatic heterocycles. The second-order valence-electron chi connectivity index (χ2n) is 4.92. The summed E-state index contributed by atoms with van der Waals surface area (Å²) in [6.45, 7) is 2.00. The van der Waals surface area contributed by atoms with E-state index in [2.05, 4.69) is 10.3 Å². The van der Waals surface area contributed by atoms with Crippen LogP contribution in [0.4, 0.5) is 0 Å². The predicted octanol–water partition coefficient (Wildman–Crippen LogP) is 3.56. The Morgan fingerprint density at radius 3 is 2.41 bits per heavy atom. The third-order valence-corrected chi connectivity index (χ3v) is 3.42. The second-order valence-corrected chi connectivity index (χ2v) is 4.92. The summed E-state index contributed by atoms with van der Waals surface area (Å²) in [5.41, 5.74) is 4.04. The molecule has 3 rings (SSSR count). The lowest BCUT2D eigenvalue weighted by Gasteiger charge is -2.06. The number of hydrogen-bond acceptors (Lipinski definition) is 3. The van der Waals surface area contributed by atoms with Crippen molar-refractivity contribution in [2.24, 2.45) is 0 Å². The van der Waals surface area contributed by atoms with E-state index in [9.17, 15) is 4.79 Å². The van der Waals surface area contributed by atoms with Crippen molar-refractivity contribution in [1.29, 1.82) is 0 Å². The maximum Gasteiger partial charge on any atom is 0.172 e. The minimum absolute atomic E-state index is 0.329. The number of nitrogens with zero attached hydrogens (tertiary/aromatic N) is 3. The first-order valence-electron chi connectivity index (χ1n) is 6.99. The van der Waals surface area contributed by atoms with Gasteiger partial charge in [-0.05, 0) is 30.2 Å². The highest BCUT2D eigenvalue weighted by molar-refractivity contribution is 5.82. The molecule has 0 atom stereocenters. The highest BCUT2D eigenvalue weighted by Gasteiger charge is 2.12. The van der Waals surface area contributed by atoms with Crippen molar-refractivity contribution in [2.45, 2.75) is 6.92 Å². The largest absolute Gasteiger partial charge is 0.296 e. The van der Waals surface area contributed by atoms with E-state index in [1.165, 1.54) is 0 Å².